The Hall–Kier alpha value is -4.38. The van der Waals surface area contributed by atoms with Gasteiger partial charge < -0.3 is 13.7 Å². The van der Waals surface area contributed by atoms with Crippen molar-refractivity contribution in [2.75, 3.05) is 7.11 Å². The monoisotopic (exact) mass is 462 g/mol. The van der Waals surface area contributed by atoms with Gasteiger partial charge in [-0.25, -0.2) is 4.79 Å². The smallest absolute Gasteiger partial charge is 0.337 e. The summed E-state index contributed by atoms with van der Waals surface area (Å²) >= 11 is 0. The Morgan fingerprint density at radius 2 is 1.71 bits per heavy atom. The summed E-state index contributed by atoms with van der Waals surface area (Å²) in [6.45, 7) is 6.14. The second-order valence-electron chi connectivity index (χ2n) is 8.61. The molecule has 0 unspecified atom stereocenters. The van der Waals surface area contributed by atoms with Gasteiger partial charge >= 0.3 is 5.97 Å². The molecule has 0 amide bonds. The fourth-order valence-electron chi connectivity index (χ4n) is 4.42. The van der Waals surface area contributed by atoms with Gasteiger partial charge in [0.05, 0.1) is 18.4 Å². The number of esters is 1. The molecule has 0 bridgehead atoms. The fourth-order valence-corrected chi connectivity index (χ4v) is 4.42. The molecule has 3 aromatic carbocycles. The number of aryl methyl sites for hydroxylation is 2. The molecular weight excluding hydrogens is 436 g/mol. The van der Waals surface area contributed by atoms with Crippen LogP contribution in [0.15, 0.2) is 88.3 Å². The summed E-state index contributed by atoms with van der Waals surface area (Å²) < 4.78 is 13.0. The molecule has 0 aliphatic carbocycles. The molecule has 0 saturated carbocycles. The topological polar surface area (TPSA) is 56.7 Å². The first-order valence-corrected chi connectivity index (χ1v) is 11.5. The van der Waals surface area contributed by atoms with Crippen molar-refractivity contribution in [3.8, 4) is 17.0 Å². The van der Waals surface area contributed by atoms with Gasteiger partial charge in [-0.3, -0.25) is 4.99 Å². The number of para-hydroxylation sites is 1. The third-order valence-electron chi connectivity index (χ3n) is 6.26. The lowest BCUT2D eigenvalue weighted by Gasteiger charge is -2.13. The first-order valence-electron chi connectivity index (χ1n) is 11.5. The third kappa shape index (κ3) is 4.28. The van der Waals surface area contributed by atoms with Crippen molar-refractivity contribution in [1.82, 2.24) is 4.57 Å². The number of furan rings is 1. The van der Waals surface area contributed by atoms with Gasteiger partial charge in [0.15, 0.2) is 0 Å². The fraction of sp³-hybridized carbons (Fsp3) is 0.133. The summed E-state index contributed by atoms with van der Waals surface area (Å²) in [6, 6.07) is 25.8. The number of nitrogens with zero attached hydrogens (tertiary/aromatic N) is 2. The van der Waals surface area contributed by atoms with Crippen molar-refractivity contribution in [3.05, 3.63) is 107 Å². The highest BCUT2D eigenvalue weighted by Crippen LogP contribution is 2.29. The summed E-state index contributed by atoms with van der Waals surface area (Å²) in [6.07, 6.45) is 1.90. The highest BCUT2D eigenvalue weighted by Gasteiger charge is 2.14. The molecule has 0 spiro atoms. The van der Waals surface area contributed by atoms with Crippen LogP contribution in [0.4, 0.5) is 5.69 Å². The minimum absolute atomic E-state index is 0.334. The van der Waals surface area contributed by atoms with Crippen LogP contribution >= 0.6 is 0 Å². The first-order chi connectivity index (χ1) is 16.9. The number of methoxy groups -OCH3 is 1. The number of fused-ring (bicyclic) bond motifs is 1. The molecule has 2 aromatic heterocycles. The van der Waals surface area contributed by atoms with E-state index in [1.165, 1.54) is 7.11 Å². The molecule has 2 heterocycles. The van der Waals surface area contributed by atoms with Crippen LogP contribution in [0.3, 0.4) is 0 Å². The lowest BCUT2D eigenvalue weighted by molar-refractivity contribution is 0.0600. The highest BCUT2D eigenvalue weighted by molar-refractivity contribution is 5.90. The summed E-state index contributed by atoms with van der Waals surface area (Å²) in [7, 11) is 1.39. The van der Waals surface area contributed by atoms with Gasteiger partial charge in [-0.15, -0.1) is 0 Å². The average Bonchev–Trinajstić information content (AvgIpc) is 3.43. The molecule has 0 atom stereocenters. The second kappa shape index (κ2) is 9.11. The number of ether oxygens (including phenoxy) is 1. The Morgan fingerprint density at radius 3 is 2.43 bits per heavy atom. The number of aliphatic imine (C=N–C) groups is 1. The summed E-state index contributed by atoms with van der Waals surface area (Å²) in [5.74, 6) is 0.513. The van der Waals surface area contributed by atoms with Crippen molar-refractivity contribution in [1.29, 1.82) is 0 Å². The summed E-state index contributed by atoms with van der Waals surface area (Å²) in [5.41, 5.74) is 8.57. The molecule has 5 rings (SSSR count). The van der Waals surface area contributed by atoms with Crippen LogP contribution in [0, 0.1) is 20.8 Å². The van der Waals surface area contributed by atoms with E-state index in [9.17, 15) is 4.79 Å². The SMILES string of the molecule is COC(=O)c1ccc(-n2c(C)cc(C=Nc3ccc(-c4cc5ccccc5o4)cc3)c2C)c(C)c1. The van der Waals surface area contributed by atoms with Gasteiger partial charge in [0, 0.05) is 39.8 Å². The van der Waals surface area contributed by atoms with Gasteiger partial charge in [0.2, 0.25) is 0 Å². The lowest BCUT2D eigenvalue weighted by atomic mass is 10.1. The van der Waals surface area contributed by atoms with Crippen molar-refractivity contribution in [3.63, 3.8) is 0 Å². The van der Waals surface area contributed by atoms with E-state index in [2.05, 4.69) is 30.5 Å². The molecule has 0 aliphatic heterocycles. The number of aromatic nitrogens is 1. The maximum absolute atomic E-state index is 11.9. The summed E-state index contributed by atoms with van der Waals surface area (Å²) in [4.78, 5) is 16.6. The lowest BCUT2D eigenvalue weighted by Crippen LogP contribution is -2.06. The standard InChI is InChI=1S/C30H26N2O3/c1-19-15-24(30(33)34-4)11-14-27(19)32-20(2)16-25(21(32)3)18-31-26-12-9-22(10-13-26)29-17-23-7-5-6-8-28(23)35-29/h5-18H,1-4H3. The number of rotatable bonds is 5. The van der Waals surface area contributed by atoms with Crippen LogP contribution in [0.5, 0.6) is 0 Å². The Morgan fingerprint density at radius 1 is 0.943 bits per heavy atom. The predicted molar refractivity (Wildman–Crippen MR) is 140 cm³/mol. The molecule has 5 heteroatoms. The van der Waals surface area contributed by atoms with E-state index in [0.29, 0.717) is 5.56 Å². The third-order valence-corrected chi connectivity index (χ3v) is 6.26. The molecular formula is C30H26N2O3. The average molecular weight is 463 g/mol. The molecule has 0 aliphatic rings. The number of carbonyl (C=O) groups excluding carboxylic acids is 1. The van der Waals surface area contributed by atoms with E-state index < -0.39 is 0 Å². The maximum atomic E-state index is 11.9. The van der Waals surface area contributed by atoms with Crippen LogP contribution in [-0.4, -0.2) is 23.9 Å². The second-order valence-corrected chi connectivity index (χ2v) is 8.61. The number of hydrogen-bond donors (Lipinski definition) is 0. The zero-order valence-electron chi connectivity index (χ0n) is 20.2. The summed E-state index contributed by atoms with van der Waals surface area (Å²) in [5, 5.41) is 1.09. The van der Waals surface area contributed by atoms with Crippen molar-refractivity contribution in [2.24, 2.45) is 4.99 Å². The van der Waals surface area contributed by atoms with E-state index in [4.69, 9.17) is 14.1 Å². The normalized spacial score (nSPS) is 11.4. The predicted octanol–water partition coefficient (Wildman–Crippen LogP) is 7.35. The Balaban J connectivity index is 1.39. The minimum atomic E-state index is -0.334. The Bertz CT molecular complexity index is 1540. The van der Waals surface area contributed by atoms with E-state index >= 15 is 0 Å². The maximum Gasteiger partial charge on any atom is 0.337 e. The molecule has 0 fully saturated rings. The van der Waals surface area contributed by atoms with Gasteiger partial charge in [-0.1, -0.05) is 18.2 Å². The molecule has 0 radical (unpaired) electrons. The number of hydrogen-bond acceptors (Lipinski definition) is 4. The van der Waals surface area contributed by atoms with Crippen LogP contribution in [0.2, 0.25) is 0 Å². The molecule has 0 saturated heterocycles. The van der Waals surface area contributed by atoms with Crippen LogP contribution in [-0.2, 0) is 4.74 Å². The van der Waals surface area contributed by atoms with Gasteiger partial charge in [-0.05, 0) is 87.0 Å². The Labute approximate surface area is 204 Å². The zero-order chi connectivity index (χ0) is 24.5. The largest absolute Gasteiger partial charge is 0.465 e. The number of benzene rings is 3. The minimum Gasteiger partial charge on any atom is -0.465 e. The van der Waals surface area contributed by atoms with Crippen molar-refractivity contribution < 1.29 is 13.9 Å². The van der Waals surface area contributed by atoms with Crippen LogP contribution in [0.1, 0.15) is 32.9 Å². The van der Waals surface area contributed by atoms with Gasteiger partial charge in [0.25, 0.3) is 0 Å². The zero-order valence-corrected chi connectivity index (χ0v) is 20.2. The van der Waals surface area contributed by atoms with E-state index in [0.717, 1.165) is 56.2 Å². The van der Waals surface area contributed by atoms with Crippen LogP contribution < -0.4 is 0 Å². The van der Waals surface area contributed by atoms with Crippen LogP contribution in [0.25, 0.3) is 28.0 Å². The molecule has 0 N–H and O–H groups in total. The van der Waals surface area contributed by atoms with E-state index in [-0.39, 0.29) is 5.97 Å². The van der Waals surface area contributed by atoms with Crippen molar-refractivity contribution in [2.45, 2.75) is 20.8 Å². The van der Waals surface area contributed by atoms with Gasteiger partial charge in [0.1, 0.15) is 11.3 Å². The van der Waals surface area contributed by atoms with Crippen molar-refractivity contribution >= 4 is 28.8 Å². The first kappa shape index (κ1) is 22.4. The quantitative estimate of drug-likeness (QED) is 0.203. The molecule has 35 heavy (non-hydrogen) atoms. The molecule has 5 nitrogen and oxygen atoms in total. The van der Waals surface area contributed by atoms with E-state index in [1.807, 2.05) is 73.8 Å². The highest BCUT2D eigenvalue weighted by atomic mass is 16.5. The van der Waals surface area contributed by atoms with E-state index in [1.54, 1.807) is 6.07 Å². The molecule has 174 valence electrons. The number of carbonyl (C=O) groups is 1. The Kier molecular flexibility index (Phi) is 5.83. The molecule has 5 aromatic rings. The van der Waals surface area contributed by atoms with Gasteiger partial charge in [-0.2, -0.15) is 0 Å².